The summed E-state index contributed by atoms with van der Waals surface area (Å²) in [6, 6.07) is 4.20. The second-order valence-electron chi connectivity index (χ2n) is 6.28. The first-order chi connectivity index (χ1) is 11.7. The number of aromatic amines is 1. The Hall–Kier alpha value is -1.99. The van der Waals surface area contributed by atoms with Crippen LogP contribution in [-0.4, -0.2) is 40.3 Å². The van der Waals surface area contributed by atoms with Gasteiger partial charge in [0.2, 0.25) is 0 Å². The third kappa shape index (κ3) is 2.89. The first-order valence-corrected chi connectivity index (χ1v) is 9.31. The normalized spacial score (nSPS) is 24.2. The van der Waals surface area contributed by atoms with Gasteiger partial charge in [0.1, 0.15) is 5.65 Å². The van der Waals surface area contributed by atoms with E-state index in [1.54, 1.807) is 18.0 Å². The molecule has 7 heteroatoms. The molecule has 6 nitrogen and oxygen atoms in total. The second kappa shape index (κ2) is 6.49. The van der Waals surface area contributed by atoms with Gasteiger partial charge in [-0.25, -0.2) is 4.98 Å². The van der Waals surface area contributed by atoms with Gasteiger partial charge >= 0.3 is 0 Å². The van der Waals surface area contributed by atoms with Crippen molar-refractivity contribution in [2.24, 2.45) is 5.73 Å². The molecule has 4 rings (SSSR count). The van der Waals surface area contributed by atoms with Gasteiger partial charge in [0, 0.05) is 48.4 Å². The molecule has 4 N–H and O–H groups in total. The van der Waals surface area contributed by atoms with Crippen LogP contribution in [0, 0.1) is 0 Å². The molecule has 0 bridgehead atoms. The summed E-state index contributed by atoms with van der Waals surface area (Å²) >= 11 is 1.60. The molecule has 1 amide bonds. The van der Waals surface area contributed by atoms with E-state index in [4.69, 9.17) is 5.73 Å². The summed E-state index contributed by atoms with van der Waals surface area (Å²) in [7, 11) is 0. The molecule has 3 heterocycles. The number of H-pyrrole nitrogens is 1. The molecule has 2 aromatic heterocycles. The van der Waals surface area contributed by atoms with Gasteiger partial charge in [-0.3, -0.25) is 4.79 Å². The fraction of sp³-hybridized carbons (Fsp3) is 0.412. The number of rotatable bonds is 3. The Bertz CT molecular complexity index is 786. The molecule has 0 saturated heterocycles. The van der Waals surface area contributed by atoms with Gasteiger partial charge in [-0.1, -0.05) is 0 Å². The molecule has 0 unspecified atom stereocenters. The largest absolute Gasteiger partial charge is 0.347 e. The molecule has 2 aromatic rings. The highest BCUT2D eigenvalue weighted by Crippen LogP contribution is 2.30. The van der Waals surface area contributed by atoms with E-state index in [1.165, 1.54) is 0 Å². The number of amides is 1. The third-order valence-corrected chi connectivity index (χ3v) is 5.71. The third-order valence-electron chi connectivity index (χ3n) is 4.72. The summed E-state index contributed by atoms with van der Waals surface area (Å²) in [5.74, 6) is 0.871. The lowest BCUT2D eigenvalue weighted by Gasteiger charge is -2.27. The summed E-state index contributed by atoms with van der Waals surface area (Å²) in [5.41, 5.74) is 8.00. The van der Waals surface area contributed by atoms with Crippen LogP contribution >= 0.6 is 11.8 Å². The first kappa shape index (κ1) is 15.5. The topological polar surface area (TPSA) is 87.0 Å². The molecule has 0 aromatic carbocycles. The monoisotopic (exact) mass is 343 g/mol. The van der Waals surface area contributed by atoms with E-state index in [9.17, 15) is 4.79 Å². The van der Waals surface area contributed by atoms with Crippen molar-refractivity contribution in [3.05, 3.63) is 35.6 Å². The zero-order valence-corrected chi connectivity index (χ0v) is 14.2. The summed E-state index contributed by atoms with van der Waals surface area (Å²) in [5, 5.41) is 4.17. The van der Waals surface area contributed by atoms with Crippen molar-refractivity contribution in [1.29, 1.82) is 0 Å². The van der Waals surface area contributed by atoms with Crippen LogP contribution < -0.4 is 16.0 Å². The highest BCUT2D eigenvalue weighted by Gasteiger charge is 2.27. The Morgan fingerprint density at radius 1 is 1.42 bits per heavy atom. The minimum Gasteiger partial charge on any atom is -0.347 e. The average Bonchev–Trinajstić information content (AvgIpc) is 3.24. The van der Waals surface area contributed by atoms with Gasteiger partial charge in [0.25, 0.3) is 5.91 Å². The number of nitrogens with two attached hydrogens (primary N) is 1. The van der Waals surface area contributed by atoms with E-state index < -0.39 is 0 Å². The zero-order chi connectivity index (χ0) is 16.5. The van der Waals surface area contributed by atoms with Crippen molar-refractivity contribution >= 4 is 34.4 Å². The maximum absolute atomic E-state index is 12.6. The van der Waals surface area contributed by atoms with E-state index in [1.807, 2.05) is 24.5 Å². The molecule has 2 atom stereocenters. The van der Waals surface area contributed by atoms with Crippen molar-refractivity contribution in [3.63, 3.8) is 0 Å². The molecule has 1 aliphatic heterocycles. The Balaban J connectivity index is 1.56. The van der Waals surface area contributed by atoms with Crippen LogP contribution in [0.4, 0.5) is 5.69 Å². The maximum Gasteiger partial charge on any atom is 0.259 e. The minimum atomic E-state index is -0.00795. The molecule has 1 saturated carbocycles. The van der Waals surface area contributed by atoms with E-state index in [2.05, 4.69) is 20.2 Å². The van der Waals surface area contributed by atoms with Gasteiger partial charge in [-0.05, 0) is 31.4 Å². The lowest BCUT2D eigenvalue weighted by atomic mass is 10.2. The maximum atomic E-state index is 12.6. The number of aromatic nitrogens is 2. The Labute approximate surface area is 144 Å². The van der Waals surface area contributed by atoms with E-state index >= 15 is 0 Å². The standard InChI is InChI=1S/C17H21N5OS/c18-12-2-1-3-13(12)21-17(23)15-10-22(8-9-24-15)14-5-7-20-16-11(14)4-6-19-16/h4-7,10,12-13H,1-3,8-9,18H2,(H,19,20)(H,21,23)/t12-,13-/m1/s1. The number of fused-ring (bicyclic) bond motifs is 1. The van der Waals surface area contributed by atoms with E-state index in [0.29, 0.717) is 0 Å². The van der Waals surface area contributed by atoms with E-state index in [-0.39, 0.29) is 18.0 Å². The van der Waals surface area contributed by atoms with Crippen molar-refractivity contribution < 1.29 is 4.79 Å². The highest BCUT2D eigenvalue weighted by atomic mass is 32.2. The van der Waals surface area contributed by atoms with Crippen LogP contribution in [0.5, 0.6) is 0 Å². The summed E-state index contributed by atoms with van der Waals surface area (Å²) in [4.78, 5) is 22.9. The summed E-state index contributed by atoms with van der Waals surface area (Å²) in [6.07, 6.45) is 8.69. The number of carbonyl (C=O) groups excluding carboxylic acids is 1. The van der Waals surface area contributed by atoms with Gasteiger partial charge in [0.05, 0.1) is 10.6 Å². The predicted octanol–water partition coefficient (Wildman–Crippen LogP) is 1.95. The second-order valence-corrected chi connectivity index (χ2v) is 7.42. The Kier molecular flexibility index (Phi) is 4.20. The molecule has 126 valence electrons. The fourth-order valence-corrected chi connectivity index (χ4v) is 4.32. The highest BCUT2D eigenvalue weighted by molar-refractivity contribution is 8.04. The zero-order valence-electron chi connectivity index (χ0n) is 13.4. The number of pyridine rings is 1. The molecule has 0 radical (unpaired) electrons. The molecule has 1 fully saturated rings. The van der Waals surface area contributed by atoms with Crippen LogP contribution in [-0.2, 0) is 4.79 Å². The number of hydrogen-bond acceptors (Lipinski definition) is 5. The van der Waals surface area contributed by atoms with Crippen molar-refractivity contribution in [2.75, 3.05) is 17.2 Å². The number of hydrogen-bond donors (Lipinski definition) is 3. The smallest absolute Gasteiger partial charge is 0.259 e. The summed E-state index contributed by atoms with van der Waals surface area (Å²) < 4.78 is 0. The van der Waals surface area contributed by atoms with Gasteiger partial charge < -0.3 is 20.9 Å². The predicted molar refractivity (Wildman–Crippen MR) is 97.7 cm³/mol. The average molecular weight is 343 g/mol. The van der Waals surface area contributed by atoms with Crippen molar-refractivity contribution in [1.82, 2.24) is 15.3 Å². The quantitative estimate of drug-likeness (QED) is 0.793. The number of nitrogens with zero attached hydrogens (tertiary/aromatic N) is 2. The molecular weight excluding hydrogens is 322 g/mol. The molecule has 24 heavy (non-hydrogen) atoms. The molecule has 0 spiro atoms. The van der Waals surface area contributed by atoms with Gasteiger partial charge in [-0.15, -0.1) is 11.8 Å². The van der Waals surface area contributed by atoms with Crippen LogP contribution in [0.25, 0.3) is 11.0 Å². The molecular formula is C17H21N5OS. The Morgan fingerprint density at radius 3 is 3.17 bits per heavy atom. The van der Waals surface area contributed by atoms with Crippen molar-refractivity contribution in [3.8, 4) is 0 Å². The van der Waals surface area contributed by atoms with Crippen LogP contribution in [0.1, 0.15) is 19.3 Å². The minimum absolute atomic E-state index is 0.00795. The van der Waals surface area contributed by atoms with Gasteiger partial charge in [-0.2, -0.15) is 0 Å². The number of nitrogens with one attached hydrogen (secondary N) is 2. The van der Waals surface area contributed by atoms with E-state index in [0.717, 1.165) is 53.2 Å². The number of carbonyl (C=O) groups is 1. The SMILES string of the molecule is N[C@@H]1CCC[C@H]1NC(=O)C1=CN(c2ccnc3[nH]ccc23)CCS1. The number of thioether (sulfide) groups is 1. The van der Waals surface area contributed by atoms with Crippen LogP contribution in [0.2, 0.25) is 0 Å². The fourth-order valence-electron chi connectivity index (χ4n) is 3.42. The van der Waals surface area contributed by atoms with Gasteiger partial charge in [0.15, 0.2) is 0 Å². The first-order valence-electron chi connectivity index (χ1n) is 8.32. The van der Waals surface area contributed by atoms with Crippen LogP contribution in [0.3, 0.4) is 0 Å². The number of anilines is 1. The summed E-state index contributed by atoms with van der Waals surface area (Å²) in [6.45, 7) is 0.870. The molecule has 2 aliphatic rings. The van der Waals surface area contributed by atoms with Crippen LogP contribution in [0.15, 0.2) is 35.6 Å². The molecule has 1 aliphatic carbocycles. The lowest BCUT2D eigenvalue weighted by molar-refractivity contribution is -0.117. The lowest BCUT2D eigenvalue weighted by Crippen LogP contribution is -2.44. The van der Waals surface area contributed by atoms with Crippen molar-refractivity contribution in [2.45, 2.75) is 31.3 Å². The Morgan fingerprint density at radius 2 is 2.33 bits per heavy atom.